The third-order valence-electron chi connectivity index (χ3n) is 4.46. The molecule has 0 aliphatic rings. The lowest BCUT2D eigenvalue weighted by molar-refractivity contribution is -0.145. The average Bonchev–Trinajstić information content (AvgIpc) is 2.78. The van der Waals surface area contributed by atoms with Crippen molar-refractivity contribution in [3.8, 4) is 0 Å². The van der Waals surface area contributed by atoms with Crippen molar-refractivity contribution in [2.45, 2.75) is 65.3 Å². The number of methoxy groups -OCH3 is 1. The highest BCUT2D eigenvalue weighted by atomic mass is 31.2. The lowest BCUT2D eigenvalue weighted by Crippen LogP contribution is -2.46. The zero-order valence-corrected chi connectivity index (χ0v) is 22.7. The van der Waals surface area contributed by atoms with E-state index in [4.69, 9.17) is 28.0 Å². The number of carbonyl (C=O) groups is 3. The number of carbonyl (C=O) groups excluding carboxylic acids is 3. The Morgan fingerprint density at radius 2 is 1.61 bits per heavy atom. The molecule has 2 atom stereocenters. The number of amides is 3. The van der Waals surface area contributed by atoms with Crippen LogP contribution < -0.4 is 5.32 Å². The van der Waals surface area contributed by atoms with E-state index in [-0.39, 0.29) is 19.8 Å². The number of nitrogens with zero attached hydrogens (tertiary/aromatic N) is 2. The van der Waals surface area contributed by atoms with Crippen LogP contribution in [0.2, 0.25) is 0 Å². The van der Waals surface area contributed by atoms with Crippen molar-refractivity contribution in [1.29, 1.82) is 0 Å². The lowest BCUT2D eigenvalue weighted by atomic mass is 10.1. The summed E-state index contributed by atoms with van der Waals surface area (Å²) in [5.74, 6) is -0.449. The van der Waals surface area contributed by atoms with Gasteiger partial charge >= 0.3 is 20.0 Å². The van der Waals surface area contributed by atoms with Gasteiger partial charge in [0.15, 0.2) is 6.10 Å². The standard InChI is InChI=1S/C21H38N3O11P/c1-8-22-18(26)31-14-16(35-19(27)23-9-2)15-34-36(28,29)33-13-11-24-17(25)21(5,6)32-12-10-20(3,4)30-7/h8-9,16H,10-15H2,1-7H3,(H,24,25)(H,28,29). The van der Waals surface area contributed by atoms with E-state index < -0.39 is 56.4 Å². The van der Waals surface area contributed by atoms with Gasteiger partial charge in [0.1, 0.15) is 12.2 Å². The summed E-state index contributed by atoms with van der Waals surface area (Å²) in [6.07, 6.45) is -0.290. The van der Waals surface area contributed by atoms with Gasteiger partial charge in [0.05, 0.1) is 25.4 Å². The van der Waals surface area contributed by atoms with E-state index in [9.17, 15) is 23.8 Å². The van der Waals surface area contributed by atoms with E-state index in [0.29, 0.717) is 6.42 Å². The van der Waals surface area contributed by atoms with Crippen LogP contribution in [0.5, 0.6) is 0 Å². The van der Waals surface area contributed by atoms with Gasteiger partial charge in [-0.05, 0) is 48.0 Å². The Bertz CT molecular complexity index is 815. The van der Waals surface area contributed by atoms with Crippen molar-refractivity contribution in [2.24, 2.45) is 9.98 Å². The van der Waals surface area contributed by atoms with Crippen LogP contribution in [-0.4, -0.2) is 92.8 Å². The summed E-state index contributed by atoms with van der Waals surface area (Å²) in [4.78, 5) is 51.9. The maximum Gasteiger partial charge on any atom is 0.472 e. The Kier molecular flexibility index (Phi) is 15.5. The molecule has 0 aliphatic carbocycles. The molecule has 2 N–H and O–H groups in total. The first kappa shape index (κ1) is 33.8. The number of rotatable bonds is 16. The highest BCUT2D eigenvalue weighted by Crippen LogP contribution is 2.43. The second kappa shape index (κ2) is 16.5. The molecule has 0 saturated heterocycles. The Labute approximate surface area is 211 Å². The smallest absolute Gasteiger partial charge is 0.444 e. The van der Waals surface area contributed by atoms with Crippen molar-refractivity contribution in [3.63, 3.8) is 0 Å². The molecule has 3 amide bonds. The van der Waals surface area contributed by atoms with Crippen LogP contribution in [0.3, 0.4) is 0 Å². The maximum atomic E-state index is 12.4. The summed E-state index contributed by atoms with van der Waals surface area (Å²) in [5.41, 5.74) is -1.55. The fourth-order valence-electron chi connectivity index (χ4n) is 2.17. The van der Waals surface area contributed by atoms with Crippen molar-refractivity contribution >= 4 is 38.3 Å². The fourth-order valence-corrected chi connectivity index (χ4v) is 2.93. The van der Waals surface area contributed by atoms with Crippen LogP contribution in [0.1, 0.15) is 48.0 Å². The Morgan fingerprint density at radius 1 is 1.00 bits per heavy atom. The first-order valence-electron chi connectivity index (χ1n) is 11.1. The van der Waals surface area contributed by atoms with E-state index in [1.807, 2.05) is 13.8 Å². The molecule has 0 aromatic rings. The molecule has 0 aromatic heterocycles. The van der Waals surface area contributed by atoms with Gasteiger partial charge in [-0.15, -0.1) is 0 Å². The van der Waals surface area contributed by atoms with E-state index >= 15 is 0 Å². The van der Waals surface area contributed by atoms with E-state index in [1.165, 1.54) is 26.3 Å². The van der Waals surface area contributed by atoms with E-state index in [1.54, 1.807) is 21.0 Å². The Balaban J connectivity index is 4.62. The minimum Gasteiger partial charge on any atom is -0.444 e. The maximum absolute atomic E-state index is 12.4. The van der Waals surface area contributed by atoms with Crippen molar-refractivity contribution in [3.05, 3.63) is 0 Å². The van der Waals surface area contributed by atoms with Gasteiger partial charge in [0, 0.05) is 26.1 Å². The third kappa shape index (κ3) is 15.7. The van der Waals surface area contributed by atoms with Gasteiger partial charge in [-0.3, -0.25) is 13.8 Å². The number of ether oxygens (including phenoxy) is 4. The van der Waals surface area contributed by atoms with E-state index in [2.05, 4.69) is 15.3 Å². The molecule has 0 fully saturated rings. The zero-order valence-electron chi connectivity index (χ0n) is 21.8. The summed E-state index contributed by atoms with van der Waals surface area (Å²) in [5, 5.41) is 2.54. The first-order valence-corrected chi connectivity index (χ1v) is 12.6. The molecular weight excluding hydrogens is 501 g/mol. The molecule has 15 heteroatoms. The van der Waals surface area contributed by atoms with Gasteiger partial charge in [-0.1, -0.05) is 0 Å². The molecule has 0 aromatic carbocycles. The highest BCUT2D eigenvalue weighted by Gasteiger charge is 2.30. The third-order valence-corrected chi connectivity index (χ3v) is 5.45. The Hall–Kier alpha value is -2.22. The molecule has 14 nitrogen and oxygen atoms in total. The summed E-state index contributed by atoms with van der Waals surface area (Å²) in [6, 6.07) is 0. The molecule has 2 unspecified atom stereocenters. The molecule has 0 spiro atoms. The molecule has 36 heavy (non-hydrogen) atoms. The lowest BCUT2D eigenvalue weighted by Gasteiger charge is -2.28. The van der Waals surface area contributed by atoms with Crippen LogP contribution in [0, 0.1) is 0 Å². The zero-order chi connectivity index (χ0) is 27.8. The van der Waals surface area contributed by atoms with Crippen LogP contribution >= 0.6 is 7.82 Å². The number of hydrogen-bond donors (Lipinski definition) is 2. The number of nitrogens with one attached hydrogen (secondary N) is 1. The Morgan fingerprint density at radius 3 is 2.19 bits per heavy atom. The number of phosphoric acid groups is 1. The summed E-state index contributed by atoms with van der Waals surface area (Å²) in [7, 11) is -3.01. The molecule has 0 radical (unpaired) electrons. The summed E-state index contributed by atoms with van der Waals surface area (Å²) < 4.78 is 42.4. The SMILES string of the molecule is CC=NC(=O)OCC(COP(=O)(O)OCCNC(=O)C(C)(C)OCCC(C)(C)OC)OC(=O)N=CC. The number of hydrogen-bond acceptors (Lipinski definition) is 10. The monoisotopic (exact) mass is 539 g/mol. The van der Waals surface area contributed by atoms with Crippen molar-refractivity contribution in [1.82, 2.24) is 5.32 Å². The van der Waals surface area contributed by atoms with Gasteiger partial charge in [-0.25, -0.2) is 14.2 Å². The van der Waals surface area contributed by atoms with Crippen molar-refractivity contribution in [2.75, 3.05) is 40.1 Å². The van der Waals surface area contributed by atoms with Crippen LogP contribution in [0.25, 0.3) is 0 Å². The predicted molar refractivity (Wildman–Crippen MR) is 130 cm³/mol. The first-order chi connectivity index (χ1) is 16.7. The predicted octanol–water partition coefficient (Wildman–Crippen LogP) is 2.67. The van der Waals surface area contributed by atoms with Crippen LogP contribution in [-0.2, 0) is 37.4 Å². The van der Waals surface area contributed by atoms with Crippen molar-refractivity contribution < 1.29 is 51.8 Å². The van der Waals surface area contributed by atoms with Gasteiger partial charge in [-0.2, -0.15) is 9.98 Å². The molecule has 0 rings (SSSR count). The summed E-state index contributed by atoms with van der Waals surface area (Å²) >= 11 is 0. The molecule has 0 bridgehead atoms. The van der Waals surface area contributed by atoms with Crippen LogP contribution in [0.15, 0.2) is 9.98 Å². The van der Waals surface area contributed by atoms with Gasteiger partial charge in [0.2, 0.25) is 0 Å². The minimum atomic E-state index is -4.60. The molecule has 0 aliphatic heterocycles. The molecular formula is C21H38N3O11P. The average molecular weight is 540 g/mol. The quantitative estimate of drug-likeness (QED) is 0.167. The van der Waals surface area contributed by atoms with Gasteiger partial charge in [0.25, 0.3) is 5.91 Å². The topological polar surface area (TPSA) is 181 Å². The van der Waals surface area contributed by atoms with Gasteiger partial charge < -0.3 is 29.2 Å². The van der Waals surface area contributed by atoms with Crippen LogP contribution in [0.4, 0.5) is 9.59 Å². The highest BCUT2D eigenvalue weighted by molar-refractivity contribution is 7.47. The largest absolute Gasteiger partial charge is 0.472 e. The fraction of sp³-hybridized carbons (Fsp3) is 0.762. The number of aliphatic imine (C=N–C) groups is 2. The minimum absolute atomic E-state index is 0.112. The molecule has 0 heterocycles. The second-order valence-corrected chi connectivity index (χ2v) is 9.74. The summed E-state index contributed by atoms with van der Waals surface area (Å²) in [6.45, 7) is 8.61. The second-order valence-electron chi connectivity index (χ2n) is 8.28. The number of phosphoric ester groups is 1. The molecule has 208 valence electrons. The normalized spacial score (nSPS) is 15.0. The molecule has 0 saturated carbocycles. The van der Waals surface area contributed by atoms with E-state index in [0.717, 1.165) is 0 Å².